The number of rotatable bonds is 11. The molecular weight excluding hydrogens is 192 g/mol. The minimum absolute atomic E-state index is 0. The molecule has 0 radical (unpaired) electrons. The second-order valence-electron chi connectivity index (χ2n) is 3.49. The molecule has 0 atom stereocenters. The van der Waals surface area contributed by atoms with Crippen LogP contribution >= 0.6 is 0 Å². The van der Waals surface area contributed by atoms with Gasteiger partial charge in [0.05, 0.1) is 0 Å². The van der Waals surface area contributed by atoms with Crippen molar-refractivity contribution in [2.45, 2.75) is 25.7 Å². The average molecular weight is 220 g/mol. The van der Waals surface area contributed by atoms with Gasteiger partial charge in [-0.05, 0) is 65.0 Å². The second kappa shape index (κ2) is 16.2. The lowest BCUT2D eigenvalue weighted by Crippen LogP contribution is -2.22. The molecule has 0 bridgehead atoms. The Labute approximate surface area is 93.3 Å². The predicted octanol–water partition coefficient (Wildman–Crippen LogP) is -1.18. The van der Waals surface area contributed by atoms with E-state index < -0.39 is 0 Å². The number of nitrogens with one attached hydrogen (secondary N) is 2. The molecule has 0 aromatic heterocycles. The van der Waals surface area contributed by atoms with E-state index in [-0.39, 0.29) is 5.48 Å². The molecule has 94 valence electrons. The van der Waals surface area contributed by atoms with Crippen LogP contribution in [-0.2, 0) is 0 Å². The molecule has 0 saturated carbocycles. The Bertz CT molecular complexity index is 91.4. The van der Waals surface area contributed by atoms with Gasteiger partial charge in [-0.1, -0.05) is 0 Å². The van der Waals surface area contributed by atoms with Crippen molar-refractivity contribution in [1.29, 1.82) is 0 Å². The van der Waals surface area contributed by atoms with Gasteiger partial charge in [0.1, 0.15) is 0 Å². The molecule has 0 amide bonds. The highest BCUT2D eigenvalue weighted by Gasteiger charge is 1.89. The lowest BCUT2D eigenvalue weighted by atomic mass is 10.3. The van der Waals surface area contributed by atoms with E-state index in [0.29, 0.717) is 0 Å². The summed E-state index contributed by atoms with van der Waals surface area (Å²) in [5.74, 6) is 0. The van der Waals surface area contributed by atoms with E-state index in [1.165, 1.54) is 12.8 Å². The van der Waals surface area contributed by atoms with Gasteiger partial charge in [0, 0.05) is 0 Å². The van der Waals surface area contributed by atoms with E-state index in [2.05, 4.69) is 10.6 Å². The molecule has 0 spiro atoms. The first kappa shape index (κ1) is 17.2. The molecule has 15 heavy (non-hydrogen) atoms. The number of nitrogens with two attached hydrogens (primary N) is 2. The van der Waals surface area contributed by atoms with Gasteiger partial charge in [-0.25, -0.2) is 0 Å². The number of hydrogen-bond donors (Lipinski definition) is 4. The van der Waals surface area contributed by atoms with Crippen LogP contribution in [0.25, 0.3) is 0 Å². The third kappa shape index (κ3) is 16.5. The van der Waals surface area contributed by atoms with Crippen molar-refractivity contribution in [2.75, 3.05) is 39.3 Å². The maximum absolute atomic E-state index is 5.38. The van der Waals surface area contributed by atoms with Crippen LogP contribution in [0.2, 0.25) is 0 Å². The summed E-state index contributed by atoms with van der Waals surface area (Å²) in [6.07, 6.45) is 4.63. The van der Waals surface area contributed by atoms with Gasteiger partial charge in [0.2, 0.25) is 0 Å². The molecule has 0 aliphatic rings. The Balaban J connectivity index is 0. The van der Waals surface area contributed by atoms with Crippen molar-refractivity contribution < 1.29 is 5.48 Å². The zero-order valence-electron chi connectivity index (χ0n) is 9.73. The maximum Gasteiger partial charge on any atom is -0.00369 e. The highest BCUT2D eigenvalue weighted by molar-refractivity contribution is 4.52. The first-order chi connectivity index (χ1) is 6.91. The lowest BCUT2D eigenvalue weighted by molar-refractivity contribution is 0.570. The SMILES string of the molecule is NCCCNCCCCNCCCN.O. The lowest BCUT2D eigenvalue weighted by Gasteiger charge is -2.04. The van der Waals surface area contributed by atoms with Crippen molar-refractivity contribution in [3.8, 4) is 0 Å². The Hall–Kier alpha value is -0.200. The fourth-order valence-corrected chi connectivity index (χ4v) is 1.20. The maximum atomic E-state index is 5.38. The van der Waals surface area contributed by atoms with Crippen molar-refractivity contribution in [2.24, 2.45) is 11.5 Å². The average Bonchev–Trinajstić information content (AvgIpc) is 2.21. The summed E-state index contributed by atoms with van der Waals surface area (Å²) in [5, 5.41) is 6.72. The predicted molar refractivity (Wildman–Crippen MR) is 65.9 cm³/mol. The van der Waals surface area contributed by atoms with E-state index in [1.54, 1.807) is 0 Å². The van der Waals surface area contributed by atoms with Crippen LogP contribution in [-0.4, -0.2) is 44.7 Å². The molecule has 8 N–H and O–H groups in total. The molecule has 0 aliphatic carbocycles. The molecule has 0 saturated heterocycles. The van der Waals surface area contributed by atoms with E-state index in [1.807, 2.05) is 0 Å². The van der Waals surface area contributed by atoms with Crippen molar-refractivity contribution in [1.82, 2.24) is 10.6 Å². The van der Waals surface area contributed by atoms with Gasteiger partial charge >= 0.3 is 0 Å². The Morgan fingerprint density at radius 2 is 0.933 bits per heavy atom. The standard InChI is InChI=1S/C10H26N4.H2O/c11-5-3-9-13-7-1-2-8-14-10-4-6-12;/h13-14H,1-12H2;1H2. The van der Waals surface area contributed by atoms with Gasteiger partial charge in [-0.2, -0.15) is 0 Å². The van der Waals surface area contributed by atoms with Crippen molar-refractivity contribution in [3.63, 3.8) is 0 Å². The minimum Gasteiger partial charge on any atom is -0.412 e. The normalized spacial score (nSPS) is 10.0. The molecule has 0 aliphatic heterocycles. The van der Waals surface area contributed by atoms with Crippen LogP contribution in [0.1, 0.15) is 25.7 Å². The molecule has 0 heterocycles. The van der Waals surface area contributed by atoms with Crippen LogP contribution in [0.3, 0.4) is 0 Å². The quantitative estimate of drug-likeness (QED) is 0.329. The fraction of sp³-hybridized carbons (Fsp3) is 1.00. The monoisotopic (exact) mass is 220 g/mol. The molecule has 0 fully saturated rings. The summed E-state index contributed by atoms with van der Waals surface area (Å²) >= 11 is 0. The summed E-state index contributed by atoms with van der Waals surface area (Å²) < 4.78 is 0. The zero-order chi connectivity index (χ0) is 10.5. The highest BCUT2D eigenvalue weighted by Crippen LogP contribution is 1.84. The second-order valence-corrected chi connectivity index (χ2v) is 3.49. The van der Waals surface area contributed by atoms with E-state index in [4.69, 9.17) is 11.5 Å². The summed E-state index contributed by atoms with van der Waals surface area (Å²) in [6.45, 7) is 5.90. The molecule has 0 rings (SSSR count). The molecule has 0 aromatic carbocycles. The highest BCUT2D eigenvalue weighted by atomic mass is 16.0. The third-order valence-electron chi connectivity index (χ3n) is 2.07. The van der Waals surface area contributed by atoms with Gasteiger partial charge in [0.15, 0.2) is 0 Å². The van der Waals surface area contributed by atoms with E-state index in [0.717, 1.165) is 52.1 Å². The van der Waals surface area contributed by atoms with Gasteiger partial charge < -0.3 is 27.6 Å². The Kier molecular flexibility index (Phi) is 18.6. The number of hydrogen-bond acceptors (Lipinski definition) is 4. The Morgan fingerprint density at radius 1 is 0.600 bits per heavy atom. The van der Waals surface area contributed by atoms with Crippen LogP contribution in [0.5, 0.6) is 0 Å². The van der Waals surface area contributed by atoms with E-state index in [9.17, 15) is 0 Å². The van der Waals surface area contributed by atoms with Crippen LogP contribution < -0.4 is 22.1 Å². The summed E-state index contributed by atoms with van der Waals surface area (Å²) in [7, 11) is 0. The zero-order valence-corrected chi connectivity index (χ0v) is 9.73. The molecule has 5 nitrogen and oxygen atoms in total. The third-order valence-corrected chi connectivity index (χ3v) is 2.07. The minimum atomic E-state index is 0. The molecular formula is C10H28N4O. The smallest absolute Gasteiger partial charge is 0.00369 e. The Morgan fingerprint density at radius 3 is 1.27 bits per heavy atom. The first-order valence-electron chi connectivity index (χ1n) is 5.73. The largest absolute Gasteiger partial charge is 0.412 e. The van der Waals surface area contributed by atoms with Gasteiger partial charge in [-0.3, -0.25) is 0 Å². The topological polar surface area (TPSA) is 108 Å². The van der Waals surface area contributed by atoms with Gasteiger partial charge in [0.25, 0.3) is 0 Å². The first-order valence-corrected chi connectivity index (χ1v) is 5.73. The van der Waals surface area contributed by atoms with Crippen LogP contribution in [0.4, 0.5) is 0 Å². The van der Waals surface area contributed by atoms with Crippen LogP contribution in [0, 0.1) is 0 Å². The fourth-order valence-electron chi connectivity index (χ4n) is 1.20. The summed E-state index contributed by atoms with van der Waals surface area (Å²) in [5.41, 5.74) is 10.8. The molecule has 0 aromatic rings. The number of unbranched alkanes of at least 4 members (excludes halogenated alkanes) is 1. The van der Waals surface area contributed by atoms with E-state index >= 15 is 0 Å². The van der Waals surface area contributed by atoms with Gasteiger partial charge in [-0.15, -0.1) is 0 Å². The van der Waals surface area contributed by atoms with Crippen molar-refractivity contribution >= 4 is 0 Å². The van der Waals surface area contributed by atoms with Crippen LogP contribution in [0.15, 0.2) is 0 Å². The molecule has 5 heteroatoms. The van der Waals surface area contributed by atoms with Crippen molar-refractivity contribution in [3.05, 3.63) is 0 Å². The summed E-state index contributed by atoms with van der Waals surface area (Å²) in [6, 6.07) is 0. The summed E-state index contributed by atoms with van der Waals surface area (Å²) in [4.78, 5) is 0. The molecule has 0 unspecified atom stereocenters.